The van der Waals surface area contributed by atoms with Crippen molar-refractivity contribution in [1.82, 2.24) is 9.38 Å². The maximum Gasteiger partial charge on any atom is 0.339 e. The SMILES string of the molecule is Cc1ccn2c(NC3CCCCC3)c(-c3cccc(OS(=O)(=O)c4ccccc4)c3)nc2c1. The first-order valence-corrected chi connectivity index (χ1v) is 12.8. The molecule has 6 nitrogen and oxygen atoms in total. The van der Waals surface area contributed by atoms with Crippen molar-refractivity contribution in [2.45, 2.75) is 50.0 Å². The van der Waals surface area contributed by atoms with Crippen molar-refractivity contribution in [3.8, 4) is 17.0 Å². The van der Waals surface area contributed by atoms with Gasteiger partial charge in [0.2, 0.25) is 0 Å². The molecule has 0 unspecified atom stereocenters. The van der Waals surface area contributed by atoms with E-state index in [1.807, 2.05) is 19.2 Å². The summed E-state index contributed by atoms with van der Waals surface area (Å²) in [7, 11) is -3.92. The lowest BCUT2D eigenvalue weighted by Gasteiger charge is -2.24. The lowest BCUT2D eigenvalue weighted by atomic mass is 9.95. The third-order valence-corrected chi connectivity index (χ3v) is 7.33. The van der Waals surface area contributed by atoms with Crippen molar-refractivity contribution in [2.24, 2.45) is 0 Å². The van der Waals surface area contributed by atoms with Crippen LogP contribution in [-0.2, 0) is 10.1 Å². The molecule has 4 aromatic rings. The Bertz CT molecular complexity index is 1370. The fraction of sp³-hybridized carbons (Fsp3) is 0.269. The quantitative estimate of drug-likeness (QED) is 0.366. The maximum atomic E-state index is 12.7. The number of nitrogens with zero attached hydrogens (tertiary/aromatic N) is 2. The van der Waals surface area contributed by atoms with Gasteiger partial charge in [0.25, 0.3) is 0 Å². The van der Waals surface area contributed by atoms with Gasteiger partial charge in [-0.2, -0.15) is 8.42 Å². The van der Waals surface area contributed by atoms with E-state index in [1.165, 1.54) is 31.4 Å². The van der Waals surface area contributed by atoms with E-state index < -0.39 is 10.1 Å². The van der Waals surface area contributed by atoms with Gasteiger partial charge < -0.3 is 9.50 Å². The molecule has 33 heavy (non-hydrogen) atoms. The van der Waals surface area contributed by atoms with Gasteiger partial charge in [-0.15, -0.1) is 0 Å². The van der Waals surface area contributed by atoms with Crippen LogP contribution in [0.15, 0.2) is 77.8 Å². The maximum absolute atomic E-state index is 12.7. The van der Waals surface area contributed by atoms with E-state index in [2.05, 4.69) is 21.9 Å². The van der Waals surface area contributed by atoms with Crippen LogP contribution in [0.3, 0.4) is 0 Å². The summed E-state index contributed by atoms with van der Waals surface area (Å²) in [6.07, 6.45) is 8.04. The van der Waals surface area contributed by atoms with Crippen LogP contribution in [0.1, 0.15) is 37.7 Å². The summed E-state index contributed by atoms with van der Waals surface area (Å²) >= 11 is 0. The summed E-state index contributed by atoms with van der Waals surface area (Å²) in [5.74, 6) is 1.19. The van der Waals surface area contributed by atoms with E-state index in [9.17, 15) is 8.42 Å². The van der Waals surface area contributed by atoms with E-state index in [4.69, 9.17) is 9.17 Å². The van der Waals surface area contributed by atoms with Crippen LogP contribution in [-0.4, -0.2) is 23.8 Å². The molecule has 5 rings (SSSR count). The number of fused-ring (bicyclic) bond motifs is 1. The lowest BCUT2D eigenvalue weighted by Crippen LogP contribution is -2.23. The van der Waals surface area contributed by atoms with Crippen molar-refractivity contribution in [3.63, 3.8) is 0 Å². The second-order valence-electron chi connectivity index (χ2n) is 8.60. The van der Waals surface area contributed by atoms with Crippen molar-refractivity contribution in [2.75, 3.05) is 5.32 Å². The zero-order valence-corrected chi connectivity index (χ0v) is 19.4. The standard InChI is InChI=1S/C26H27N3O3S/c1-19-15-16-29-24(17-19)28-25(26(29)27-21-10-4-2-5-11-21)20-9-8-12-22(18-20)32-33(30,31)23-13-6-3-7-14-23/h3,6-9,12-18,21,27H,2,4-5,10-11H2,1H3. The summed E-state index contributed by atoms with van der Waals surface area (Å²) in [6.45, 7) is 2.05. The van der Waals surface area contributed by atoms with E-state index in [0.717, 1.165) is 41.1 Å². The summed E-state index contributed by atoms with van der Waals surface area (Å²) in [4.78, 5) is 5.02. The van der Waals surface area contributed by atoms with Crippen LogP contribution in [0.5, 0.6) is 5.75 Å². The number of aryl methyl sites for hydroxylation is 1. The second kappa shape index (κ2) is 8.90. The van der Waals surface area contributed by atoms with Gasteiger partial charge in [-0.1, -0.05) is 49.6 Å². The molecule has 0 bridgehead atoms. The molecular formula is C26H27N3O3S. The molecule has 1 saturated carbocycles. The Hall–Kier alpha value is -3.32. The molecule has 2 aromatic heterocycles. The van der Waals surface area contributed by atoms with Crippen molar-refractivity contribution in [1.29, 1.82) is 0 Å². The van der Waals surface area contributed by atoms with Crippen LogP contribution in [0.25, 0.3) is 16.9 Å². The molecule has 0 amide bonds. The molecule has 2 heterocycles. The highest BCUT2D eigenvalue weighted by molar-refractivity contribution is 7.87. The van der Waals surface area contributed by atoms with Gasteiger partial charge in [-0.3, -0.25) is 4.40 Å². The fourth-order valence-corrected chi connectivity index (χ4v) is 5.33. The topological polar surface area (TPSA) is 72.7 Å². The average molecular weight is 462 g/mol. The zero-order valence-electron chi connectivity index (χ0n) is 18.6. The highest BCUT2D eigenvalue weighted by Crippen LogP contribution is 2.34. The van der Waals surface area contributed by atoms with Crippen LogP contribution in [0, 0.1) is 6.92 Å². The molecular weight excluding hydrogens is 434 g/mol. The van der Waals surface area contributed by atoms with E-state index in [-0.39, 0.29) is 10.6 Å². The van der Waals surface area contributed by atoms with E-state index >= 15 is 0 Å². The molecule has 7 heteroatoms. The Morgan fingerprint density at radius 2 is 1.76 bits per heavy atom. The smallest absolute Gasteiger partial charge is 0.339 e. The zero-order chi connectivity index (χ0) is 22.8. The number of pyridine rings is 1. The second-order valence-corrected chi connectivity index (χ2v) is 10.1. The molecule has 0 aliphatic heterocycles. The predicted molar refractivity (Wildman–Crippen MR) is 130 cm³/mol. The molecule has 0 spiro atoms. The Kier molecular flexibility index (Phi) is 5.81. The summed E-state index contributed by atoms with van der Waals surface area (Å²) < 4.78 is 32.9. The molecule has 1 N–H and O–H groups in total. The minimum Gasteiger partial charge on any atom is -0.379 e. The third kappa shape index (κ3) is 4.59. The normalized spacial score (nSPS) is 14.9. The summed E-state index contributed by atoms with van der Waals surface area (Å²) in [5.41, 5.74) is 3.57. The predicted octanol–water partition coefficient (Wildman–Crippen LogP) is 5.82. The van der Waals surface area contributed by atoms with E-state index in [1.54, 1.807) is 36.4 Å². The number of anilines is 1. The van der Waals surface area contributed by atoms with Crippen molar-refractivity contribution in [3.05, 3.63) is 78.5 Å². The van der Waals surface area contributed by atoms with Gasteiger partial charge in [-0.25, -0.2) is 4.98 Å². The van der Waals surface area contributed by atoms with Gasteiger partial charge >= 0.3 is 10.1 Å². The number of benzene rings is 2. The van der Waals surface area contributed by atoms with Gasteiger partial charge in [0.15, 0.2) is 0 Å². The monoisotopic (exact) mass is 461 g/mol. The summed E-state index contributed by atoms with van der Waals surface area (Å²) in [5, 5.41) is 3.73. The van der Waals surface area contributed by atoms with Gasteiger partial charge in [0, 0.05) is 17.8 Å². The molecule has 1 aliphatic carbocycles. The number of rotatable bonds is 6. The highest BCUT2D eigenvalue weighted by Gasteiger charge is 2.21. The fourth-order valence-electron chi connectivity index (χ4n) is 4.38. The minimum absolute atomic E-state index is 0.123. The molecule has 0 saturated heterocycles. The lowest BCUT2D eigenvalue weighted by molar-refractivity contribution is 0.462. The molecule has 0 radical (unpaired) electrons. The number of aromatic nitrogens is 2. The molecule has 170 valence electrons. The minimum atomic E-state index is -3.92. The van der Waals surface area contributed by atoms with Gasteiger partial charge in [0.1, 0.15) is 27.8 Å². The molecule has 2 aromatic carbocycles. The first kappa shape index (κ1) is 21.5. The number of imidazole rings is 1. The third-order valence-electron chi connectivity index (χ3n) is 6.07. The van der Waals surface area contributed by atoms with Crippen LogP contribution >= 0.6 is 0 Å². The Morgan fingerprint density at radius 1 is 0.970 bits per heavy atom. The van der Waals surface area contributed by atoms with Crippen LogP contribution < -0.4 is 9.50 Å². The number of hydrogen-bond acceptors (Lipinski definition) is 5. The molecule has 1 aliphatic rings. The molecule has 1 fully saturated rings. The van der Waals surface area contributed by atoms with Crippen molar-refractivity contribution < 1.29 is 12.6 Å². The first-order chi connectivity index (χ1) is 16.0. The number of nitrogens with one attached hydrogen (secondary N) is 1. The first-order valence-electron chi connectivity index (χ1n) is 11.3. The molecule has 0 atom stereocenters. The Labute approximate surface area is 194 Å². The van der Waals surface area contributed by atoms with Crippen molar-refractivity contribution >= 4 is 21.6 Å². The Morgan fingerprint density at radius 3 is 2.55 bits per heavy atom. The Balaban J connectivity index is 1.53. The van der Waals surface area contributed by atoms with Crippen LogP contribution in [0.2, 0.25) is 0 Å². The number of hydrogen-bond donors (Lipinski definition) is 1. The largest absolute Gasteiger partial charge is 0.379 e. The van der Waals surface area contributed by atoms with Gasteiger partial charge in [-0.05, 0) is 61.7 Å². The summed E-state index contributed by atoms with van der Waals surface area (Å²) in [6, 6.07) is 19.8. The van der Waals surface area contributed by atoms with Crippen LogP contribution in [0.4, 0.5) is 5.82 Å². The average Bonchev–Trinajstić information content (AvgIpc) is 3.17. The highest BCUT2D eigenvalue weighted by atomic mass is 32.2. The van der Waals surface area contributed by atoms with Gasteiger partial charge in [0.05, 0.1) is 0 Å². The van der Waals surface area contributed by atoms with E-state index in [0.29, 0.717) is 6.04 Å².